The molecule has 0 aliphatic heterocycles. The minimum Gasteiger partial charge on any atom is -0.237 e. The van der Waals surface area contributed by atoms with Crippen molar-refractivity contribution < 1.29 is 0 Å². The van der Waals surface area contributed by atoms with Gasteiger partial charge in [0.15, 0.2) is 0 Å². The highest BCUT2D eigenvalue weighted by atomic mass is 79.9. The summed E-state index contributed by atoms with van der Waals surface area (Å²) in [6.45, 7) is 6.20. The van der Waals surface area contributed by atoms with Crippen LogP contribution in [0.3, 0.4) is 0 Å². The van der Waals surface area contributed by atoms with E-state index in [1.807, 2.05) is 25.1 Å². The van der Waals surface area contributed by atoms with E-state index in [0.717, 1.165) is 21.6 Å². The average Bonchev–Trinajstić information content (AvgIpc) is 2.36. The summed E-state index contributed by atoms with van der Waals surface area (Å²) < 4.78 is 1.09. The molecule has 0 unspecified atom stereocenters. The zero-order valence-electron chi connectivity index (χ0n) is 11.7. The minimum absolute atomic E-state index is 0.340. The van der Waals surface area contributed by atoms with Gasteiger partial charge in [0, 0.05) is 20.6 Å². The lowest BCUT2D eigenvalue weighted by Crippen LogP contribution is -2.03. The van der Waals surface area contributed by atoms with E-state index in [9.17, 15) is 0 Å². The third kappa shape index (κ3) is 3.74. The van der Waals surface area contributed by atoms with Crippen LogP contribution in [0.4, 0.5) is 0 Å². The molecular formula is C15H16BrClN2S. The predicted molar refractivity (Wildman–Crippen MR) is 89.6 cm³/mol. The SMILES string of the molecule is Cc1nc(CSc2ccccc2Br)nc(Cl)c1C(C)C. The van der Waals surface area contributed by atoms with E-state index in [4.69, 9.17) is 11.6 Å². The monoisotopic (exact) mass is 370 g/mol. The Labute approximate surface area is 137 Å². The number of hydrogen-bond acceptors (Lipinski definition) is 3. The van der Waals surface area contributed by atoms with Crippen molar-refractivity contribution in [2.24, 2.45) is 0 Å². The molecule has 2 nitrogen and oxygen atoms in total. The van der Waals surface area contributed by atoms with Crippen LogP contribution in [-0.4, -0.2) is 9.97 Å². The molecule has 0 saturated carbocycles. The van der Waals surface area contributed by atoms with Gasteiger partial charge in [-0.25, -0.2) is 9.97 Å². The Bertz CT molecular complexity index is 594. The van der Waals surface area contributed by atoms with E-state index in [-0.39, 0.29) is 0 Å². The molecule has 0 saturated heterocycles. The lowest BCUT2D eigenvalue weighted by molar-refractivity contribution is 0.817. The first-order valence-corrected chi connectivity index (χ1v) is 8.55. The van der Waals surface area contributed by atoms with Gasteiger partial charge >= 0.3 is 0 Å². The van der Waals surface area contributed by atoms with E-state index in [2.05, 4.69) is 45.8 Å². The molecule has 0 amide bonds. The quantitative estimate of drug-likeness (QED) is 0.515. The van der Waals surface area contributed by atoms with Crippen molar-refractivity contribution in [3.8, 4) is 0 Å². The van der Waals surface area contributed by atoms with Crippen LogP contribution in [-0.2, 0) is 5.75 Å². The highest BCUT2D eigenvalue weighted by molar-refractivity contribution is 9.10. The molecule has 0 fully saturated rings. The highest BCUT2D eigenvalue weighted by Crippen LogP contribution is 2.30. The fraction of sp³-hybridized carbons (Fsp3) is 0.333. The van der Waals surface area contributed by atoms with Gasteiger partial charge in [0.25, 0.3) is 0 Å². The minimum atomic E-state index is 0.340. The zero-order valence-corrected chi connectivity index (χ0v) is 14.8. The molecule has 106 valence electrons. The second-order valence-corrected chi connectivity index (χ2v) is 7.03. The molecule has 1 aromatic heterocycles. The first-order valence-electron chi connectivity index (χ1n) is 6.39. The Morgan fingerprint density at radius 1 is 1.25 bits per heavy atom. The van der Waals surface area contributed by atoms with Gasteiger partial charge in [-0.05, 0) is 40.9 Å². The van der Waals surface area contributed by atoms with Gasteiger partial charge in [0.2, 0.25) is 0 Å². The van der Waals surface area contributed by atoms with Crippen LogP contribution < -0.4 is 0 Å². The highest BCUT2D eigenvalue weighted by Gasteiger charge is 2.13. The second kappa shape index (κ2) is 6.92. The fourth-order valence-corrected chi connectivity index (χ4v) is 3.90. The predicted octanol–water partition coefficient (Wildman–Crippen LogP) is 5.62. The number of nitrogens with zero attached hydrogens (tertiary/aromatic N) is 2. The Kier molecular flexibility index (Phi) is 5.47. The molecule has 1 heterocycles. The van der Waals surface area contributed by atoms with Crippen molar-refractivity contribution in [1.82, 2.24) is 9.97 Å². The van der Waals surface area contributed by atoms with Crippen LogP contribution in [0.5, 0.6) is 0 Å². The van der Waals surface area contributed by atoms with Crippen LogP contribution in [0.1, 0.15) is 36.8 Å². The number of thioether (sulfide) groups is 1. The molecule has 0 spiro atoms. The van der Waals surface area contributed by atoms with Crippen molar-refractivity contribution in [3.63, 3.8) is 0 Å². The normalized spacial score (nSPS) is 11.1. The molecule has 0 aliphatic rings. The molecular weight excluding hydrogens is 356 g/mol. The Morgan fingerprint density at radius 2 is 1.95 bits per heavy atom. The van der Waals surface area contributed by atoms with E-state index >= 15 is 0 Å². The summed E-state index contributed by atoms with van der Waals surface area (Å²) in [6.07, 6.45) is 0. The molecule has 0 N–H and O–H groups in total. The number of rotatable bonds is 4. The van der Waals surface area contributed by atoms with E-state index in [1.54, 1.807) is 11.8 Å². The number of halogens is 2. The molecule has 5 heteroatoms. The Balaban J connectivity index is 2.17. The molecule has 2 rings (SSSR count). The Hall–Kier alpha value is -0.580. The third-order valence-corrected chi connectivity index (χ3v) is 5.22. The maximum atomic E-state index is 6.27. The van der Waals surface area contributed by atoms with E-state index in [1.165, 1.54) is 4.90 Å². The van der Waals surface area contributed by atoms with Crippen molar-refractivity contribution in [2.75, 3.05) is 0 Å². The number of hydrogen-bond donors (Lipinski definition) is 0. The van der Waals surface area contributed by atoms with Gasteiger partial charge in [0.1, 0.15) is 11.0 Å². The van der Waals surface area contributed by atoms with Gasteiger partial charge in [0.05, 0.1) is 5.75 Å². The van der Waals surface area contributed by atoms with Crippen molar-refractivity contribution in [1.29, 1.82) is 0 Å². The maximum Gasteiger partial charge on any atom is 0.140 e. The van der Waals surface area contributed by atoms with Crippen LogP contribution in [0.15, 0.2) is 33.6 Å². The largest absolute Gasteiger partial charge is 0.237 e. The van der Waals surface area contributed by atoms with Crippen molar-refractivity contribution in [3.05, 3.63) is 51.0 Å². The van der Waals surface area contributed by atoms with Gasteiger partial charge in [-0.1, -0.05) is 37.6 Å². The topological polar surface area (TPSA) is 25.8 Å². The van der Waals surface area contributed by atoms with Gasteiger partial charge in [-0.2, -0.15) is 0 Å². The summed E-state index contributed by atoms with van der Waals surface area (Å²) in [6, 6.07) is 8.13. The maximum absolute atomic E-state index is 6.27. The van der Waals surface area contributed by atoms with Crippen molar-refractivity contribution in [2.45, 2.75) is 37.3 Å². The lowest BCUT2D eigenvalue weighted by Gasteiger charge is -2.12. The summed E-state index contributed by atoms with van der Waals surface area (Å²) in [5, 5.41) is 0.579. The summed E-state index contributed by atoms with van der Waals surface area (Å²) in [4.78, 5) is 10.2. The first-order chi connectivity index (χ1) is 9.49. The molecule has 0 bridgehead atoms. The average molecular weight is 372 g/mol. The van der Waals surface area contributed by atoms with Crippen LogP contribution in [0, 0.1) is 6.92 Å². The summed E-state index contributed by atoms with van der Waals surface area (Å²) in [7, 11) is 0. The lowest BCUT2D eigenvalue weighted by atomic mass is 10.0. The second-order valence-electron chi connectivity index (χ2n) is 4.80. The molecule has 0 radical (unpaired) electrons. The third-order valence-electron chi connectivity index (χ3n) is 2.91. The zero-order chi connectivity index (χ0) is 14.7. The molecule has 1 aromatic carbocycles. The number of aryl methyl sites for hydroxylation is 1. The van der Waals surface area contributed by atoms with E-state index < -0.39 is 0 Å². The molecule has 20 heavy (non-hydrogen) atoms. The van der Waals surface area contributed by atoms with Gasteiger partial charge < -0.3 is 0 Å². The van der Waals surface area contributed by atoms with Crippen molar-refractivity contribution >= 4 is 39.3 Å². The first kappa shape index (κ1) is 15.8. The smallest absolute Gasteiger partial charge is 0.140 e. The van der Waals surface area contributed by atoms with Gasteiger partial charge in [-0.15, -0.1) is 11.8 Å². The Morgan fingerprint density at radius 3 is 2.55 bits per heavy atom. The van der Waals surface area contributed by atoms with Crippen LogP contribution in [0.2, 0.25) is 5.15 Å². The summed E-state index contributed by atoms with van der Waals surface area (Å²) in [5.74, 6) is 1.83. The van der Waals surface area contributed by atoms with Crippen LogP contribution in [0.25, 0.3) is 0 Å². The summed E-state index contributed by atoms with van der Waals surface area (Å²) >= 11 is 11.5. The number of aromatic nitrogens is 2. The molecule has 0 aliphatic carbocycles. The van der Waals surface area contributed by atoms with Crippen LogP contribution >= 0.6 is 39.3 Å². The molecule has 0 atom stereocenters. The van der Waals surface area contributed by atoms with E-state index in [0.29, 0.717) is 16.8 Å². The fourth-order valence-electron chi connectivity index (χ4n) is 2.03. The number of benzene rings is 1. The molecule has 2 aromatic rings. The standard InChI is InChI=1S/C15H16BrClN2S/c1-9(2)14-10(3)18-13(19-15(14)17)8-20-12-7-5-4-6-11(12)16/h4-7,9H,8H2,1-3H3. The van der Waals surface area contributed by atoms with Gasteiger partial charge in [-0.3, -0.25) is 0 Å². The summed E-state index contributed by atoms with van der Waals surface area (Å²) in [5.41, 5.74) is 2.02.